The lowest BCUT2D eigenvalue weighted by Crippen LogP contribution is -1.96. The number of nitrogens with zero attached hydrogens (tertiary/aromatic N) is 3. The molecule has 0 fully saturated rings. The zero-order valence-corrected chi connectivity index (χ0v) is 15.5. The first-order chi connectivity index (χ1) is 13.1. The number of hydrogen-bond acceptors (Lipinski definition) is 6. The average molecular weight is 382 g/mol. The van der Waals surface area contributed by atoms with Crippen LogP contribution in [0.25, 0.3) is 22.6 Å². The topological polar surface area (TPSA) is 81.2 Å². The second-order valence-corrected chi connectivity index (χ2v) is 6.04. The fraction of sp³-hybridized carbons (Fsp3) is 0.150. The van der Waals surface area contributed by atoms with Crippen molar-refractivity contribution in [3.8, 4) is 29.0 Å². The van der Waals surface area contributed by atoms with Gasteiger partial charge < -0.3 is 13.9 Å². The van der Waals surface area contributed by atoms with Crippen LogP contribution in [0.3, 0.4) is 0 Å². The Morgan fingerprint density at radius 1 is 1.22 bits per heavy atom. The van der Waals surface area contributed by atoms with Crippen molar-refractivity contribution in [1.29, 1.82) is 5.26 Å². The number of nitriles is 1. The molecule has 0 spiro atoms. The van der Waals surface area contributed by atoms with Gasteiger partial charge in [-0.1, -0.05) is 35.4 Å². The van der Waals surface area contributed by atoms with E-state index in [4.69, 9.17) is 30.8 Å². The van der Waals surface area contributed by atoms with Crippen molar-refractivity contribution in [1.82, 2.24) is 10.2 Å². The van der Waals surface area contributed by atoms with E-state index in [1.165, 1.54) is 7.11 Å². The first-order valence-electron chi connectivity index (χ1n) is 8.06. The summed E-state index contributed by atoms with van der Waals surface area (Å²) >= 11 is 6.34. The van der Waals surface area contributed by atoms with Gasteiger partial charge in [-0.2, -0.15) is 5.26 Å². The van der Waals surface area contributed by atoms with Crippen molar-refractivity contribution in [3.05, 3.63) is 59.5 Å². The predicted molar refractivity (Wildman–Crippen MR) is 102 cm³/mol. The van der Waals surface area contributed by atoms with Gasteiger partial charge >= 0.3 is 0 Å². The molecule has 0 bridgehead atoms. The van der Waals surface area contributed by atoms with E-state index in [-0.39, 0.29) is 12.5 Å². The molecule has 0 aliphatic heterocycles. The highest BCUT2D eigenvalue weighted by Crippen LogP contribution is 2.31. The molecule has 0 saturated carbocycles. The molecule has 0 atom stereocenters. The molecule has 1 aromatic heterocycles. The first kappa shape index (κ1) is 18.5. The van der Waals surface area contributed by atoms with Crippen molar-refractivity contribution in [3.63, 3.8) is 0 Å². The third-order valence-corrected chi connectivity index (χ3v) is 3.94. The van der Waals surface area contributed by atoms with Crippen molar-refractivity contribution >= 4 is 22.7 Å². The van der Waals surface area contributed by atoms with Gasteiger partial charge in [0, 0.05) is 5.56 Å². The summed E-state index contributed by atoms with van der Waals surface area (Å²) in [5.41, 5.74) is 2.69. The third kappa shape index (κ3) is 4.46. The molecule has 3 rings (SSSR count). The molecule has 0 N–H and O–H groups in total. The Hall–Kier alpha value is -3.30. The summed E-state index contributed by atoms with van der Waals surface area (Å²) in [6.45, 7) is 1.93. The van der Waals surface area contributed by atoms with E-state index in [1.807, 2.05) is 37.3 Å². The van der Waals surface area contributed by atoms with Gasteiger partial charge in [-0.05, 0) is 42.8 Å². The highest BCUT2D eigenvalue weighted by molar-refractivity contribution is 6.50. The summed E-state index contributed by atoms with van der Waals surface area (Å²) < 4.78 is 16.3. The Balaban J connectivity index is 1.84. The number of ether oxygens (including phenoxy) is 2. The number of benzene rings is 2. The highest BCUT2D eigenvalue weighted by Gasteiger charge is 2.12. The van der Waals surface area contributed by atoms with Gasteiger partial charge in [-0.25, -0.2) is 0 Å². The van der Waals surface area contributed by atoms with Crippen LogP contribution in [-0.2, 0) is 0 Å². The predicted octanol–water partition coefficient (Wildman–Crippen LogP) is 4.69. The fourth-order valence-corrected chi connectivity index (χ4v) is 2.63. The summed E-state index contributed by atoms with van der Waals surface area (Å²) in [5.74, 6) is 1.59. The molecule has 0 aliphatic rings. The lowest BCUT2D eigenvalue weighted by molar-refractivity contribution is 0.329. The number of aryl methyl sites for hydroxylation is 1. The van der Waals surface area contributed by atoms with E-state index in [1.54, 1.807) is 24.3 Å². The van der Waals surface area contributed by atoms with Gasteiger partial charge in [0.1, 0.15) is 11.1 Å². The standard InChI is InChI=1S/C20H16ClN3O3/c1-13-4-3-5-15(10-13)19-23-24-20(27-19)16(21)11-14-6-7-17(26-9-8-22)18(12-14)25-2/h3-7,10-12H,9H2,1-2H3/b16-11-. The third-order valence-electron chi connectivity index (χ3n) is 3.67. The lowest BCUT2D eigenvalue weighted by atomic mass is 10.1. The second kappa shape index (κ2) is 8.39. The number of halogens is 1. The van der Waals surface area contributed by atoms with Gasteiger partial charge in [-0.3, -0.25) is 0 Å². The van der Waals surface area contributed by atoms with Crippen LogP contribution in [0.4, 0.5) is 0 Å². The zero-order valence-electron chi connectivity index (χ0n) is 14.8. The molecule has 6 nitrogen and oxygen atoms in total. The van der Waals surface area contributed by atoms with E-state index < -0.39 is 0 Å². The number of hydrogen-bond donors (Lipinski definition) is 0. The molecule has 7 heteroatoms. The number of methoxy groups -OCH3 is 1. The van der Waals surface area contributed by atoms with Crippen LogP contribution in [0.2, 0.25) is 0 Å². The van der Waals surface area contributed by atoms with Crippen LogP contribution in [-0.4, -0.2) is 23.9 Å². The van der Waals surface area contributed by atoms with Crippen LogP contribution in [0.5, 0.6) is 11.5 Å². The van der Waals surface area contributed by atoms with Crippen molar-refractivity contribution in [2.75, 3.05) is 13.7 Å². The van der Waals surface area contributed by atoms with Crippen LogP contribution in [0, 0.1) is 18.3 Å². The quantitative estimate of drug-likeness (QED) is 0.616. The van der Waals surface area contributed by atoms with Crippen LogP contribution >= 0.6 is 11.6 Å². The Labute approximate surface area is 161 Å². The highest BCUT2D eigenvalue weighted by atomic mass is 35.5. The van der Waals surface area contributed by atoms with E-state index in [2.05, 4.69) is 10.2 Å². The Kier molecular flexibility index (Phi) is 5.74. The SMILES string of the molecule is COc1cc(/C=C(\Cl)c2nnc(-c3cccc(C)c3)o2)ccc1OCC#N. The largest absolute Gasteiger partial charge is 0.493 e. The van der Waals surface area contributed by atoms with Crippen LogP contribution in [0.1, 0.15) is 17.0 Å². The number of aromatic nitrogens is 2. The minimum Gasteiger partial charge on any atom is -0.493 e. The summed E-state index contributed by atoms with van der Waals surface area (Å²) in [6.07, 6.45) is 1.69. The average Bonchev–Trinajstić information content (AvgIpc) is 3.17. The molecule has 1 heterocycles. The monoisotopic (exact) mass is 381 g/mol. The Morgan fingerprint density at radius 3 is 2.81 bits per heavy atom. The van der Waals surface area contributed by atoms with Crippen molar-refractivity contribution in [2.45, 2.75) is 6.92 Å². The summed E-state index contributed by atoms with van der Waals surface area (Å²) in [5, 5.41) is 17.0. The van der Waals surface area contributed by atoms with Gasteiger partial charge in [0.15, 0.2) is 18.1 Å². The molecule has 0 radical (unpaired) electrons. The molecule has 0 amide bonds. The lowest BCUT2D eigenvalue weighted by Gasteiger charge is -2.08. The summed E-state index contributed by atoms with van der Waals surface area (Å²) in [7, 11) is 1.52. The fourth-order valence-electron chi connectivity index (χ4n) is 2.43. The molecule has 3 aromatic rings. The van der Waals surface area contributed by atoms with Gasteiger partial charge in [-0.15, -0.1) is 10.2 Å². The molecule has 0 aliphatic carbocycles. The maximum Gasteiger partial charge on any atom is 0.259 e. The molecule has 2 aromatic carbocycles. The van der Waals surface area contributed by atoms with E-state index in [0.29, 0.717) is 22.4 Å². The maximum absolute atomic E-state index is 8.62. The molecule has 27 heavy (non-hydrogen) atoms. The van der Waals surface area contributed by atoms with E-state index in [0.717, 1.165) is 16.7 Å². The summed E-state index contributed by atoms with van der Waals surface area (Å²) in [6, 6.07) is 14.9. The normalized spacial score (nSPS) is 11.1. The van der Waals surface area contributed by atoms with Gasteiger partial charge in [0.2, 0.25) is 5.89 Å². The Bertz CT molecular complexity index is 1020. The minimum atomic E-state index is -0.0595. The second-order valence-electron chi connectivity index (χ2n) is 5.63. The smallest absolute Gasteiger partial charge is 0.259 e. The molecular formula is C20H16ClN3O3. The van der Waals surface area contributed by atoms with E-state index in [9.17, 15) is 0 Å². The van der Waals surface area contributed by atoms with Crippen LogP contribution < -0.4 is 9.47 Å². The Morgan fingerprint density at radius 2 is 2.07 bits per heavy atom. The minimum absolute atomic E-state index is 0.0595. The van der Waals surface area contributed by atoms with Crippen molar-refractivity contribution < 1.29 is 13.9 Å². The first-order valence-corrected chi connectivity index (χ1v) is 8.44. The van der Waals surface area contributed by atoms with Crippen LogP contribution in [0.15, 0.2) is 46.9 Å². The molecule has 136 valence electrons. The van der Waals surface area contributed by atoms with Gasteiger partial charge in [0.05, 0.1) is 7.11 Å². The van der Waals surface area contributed by atoms with Crippen molar-refractivity contribution in [2.24, 2.45) is 0 Å². The van der Waals surface area contributed by atoms with Gasteiger partial charge in [0.25, 0.3) is 5.89 Å². The number of rotatable bonds is 6. The maximum atomic E-state index is 8.62. The zero-order chi connectivity index (χ0) is 19.2. The summed E-state index contributed by atoms with van der Waals surface area (Å²) in [4.78, 5) is 0. The van der Waals surface area contributed by atoms with E-state index >= 15 is 0 Å². The molecule has 0 saturated heterocycles. The molecular weight excluding hydrogens is 366 g/mol. The molecule has 0 unspecified atom stereocenters.